The van der Waals surface area contributed by atoms with E-state index in [4.69, 9.17) is 4.74 Å². The van der Waals surface area contributed by atoms with Gasteiger partial charge in [0.05, 0.1) is 18.3 Å². The molecular weight excluding hydrogens is 440 g/mol. The van der Waals surface area contributed by atoms with Crippen molar-refractivity contribution in [3.05, 3.63) is 59.7 Å². The third-order valence-electron chi connectivity index (χ3n) is 5.92. The number of carbonyl (C=O) groups excluding carboxylic acids is 1. The summed E-state index contributed by atoms with van der Waals surface area (Å²) in [6.45, 7) is 1.06. The maximum Gasteiger partial charge on any atom is 0.276 e. The van der Waals surface area contributed by atoms with Crippen LogP contribution >= 0.6 is 0 Å². The van der Waals surface area contributed by atoms with Gasteiger partial charge in [-0.2, -0.15) is 13.1 Å². The Hall–Kier alpha value is -2.40. The second-order valence-electron chi connectivity index (χ2n) is 7.97. The standard InChI is InChI=1S/C22H25F2N3O4S/c1-25-32(29,30)26-12-14-13-27(9-10-31-14)22(28)18-11-17(18)15-5-2-3-6-16(15)21-19(23)7-4-8-20(21)24/h2-8,14,17-18,25-26H,9-13H2,1H3/t14-,17+,18-/m1/s1. The zero-order valence-electron chi connectivity index (χ0n) is 17.6. The highest BCUT2D eigenvalue weighted by molar-refractivity contribution is 7.87. The minimum absolute atomic E-state index is 0.0520. The Morgan fingerprint density at radius 1 is 1.16 bits per heavy atom. The molecule has 2 N–H and O–H groups in total. The van der Waals surface area contributed by atoms with Crippen molar-refractivity contribution in [2.24, 2.45) is 5.92 Å². The molecule has 0 bridgehead atoms. The van der Waals surface area contributed by atoms with E-state index in [0.717, 1.165) is 5.56 Å². The van der Waals surface area contributed by atoms with Crippen molar-refractivity contribution in [2.75, 3.05) is 33.3 Å². The molecule has 172 valence electrons. The van der Waals surface area contributed by atoms with E-state index in [1.165, 1.54) is 25.2 Å². The van der Waals surface area contributed by atoms with Crippen molar-refractivity contribution in [1.29, 1.82) is 0 Å². The molecule has 2 aromatic carbocycles. The maximum atomic E-state index is 14.4. The number of ether oxygens (including phenoxy) is 1. The molecule has 10 heteroatoms. The topological polar surface area (TPSA) is 87.7 Å². The Bertz CT molecular complexity index is 1090. The van der Waals surface area contributed by atoms with E-state index < -0.39 is 27.9 Å². The van der Waals surface area contributed by atoms with Gasteiger partial charge in [0.15, 0.2) is 0 Å². The van der Waals surface area contributed by atoms with Crippen molar-refractivity contribution in [2.45, 2.75) is 18.4 Å². The Morgan fingerprint density at radius 2 is 1.88 bits per heavy atom. The first-order chi connectivity index (χ1) is 15.3. The third-order valence-corrected chi connectivity index (χ3v) is 7.00. The molecule has 2 aliphatic rings. The van der Waals surface area contributed by atoms with Gasteiger partial charge in [0.2, 0.25) is 5.91 Å². The average Bonchev–Trinajstić information content (AvgIpc) is 3.58. The van der Waals surface area contributed by atoms with Crippen LogP contribution in [0, 0.1) is 17.6 Å². The normalized spacial score (nSPS) is 23.2. The molecule has 2 aromatic rings. The SMILES string of the molecule is CNS(=O)(=O)NC[C@@H]1CN(C(=O)[C@@H]2C[C@H]2c2ccccc2-c2c(F)cccc2F)CCO1. The van der Waals surface area contributed by atoms with Crippen LogP contribution in [0.2, 0.25) is 0 Å². The maximum absolute atomic E-state index is 14.4. The monoisotopic (exact) mass is 465 g/mol. The van der Waals surface area contributed by atoms with Gasteiger partial charge in [0.25, 0.3) is 10.2 Å². The molecule has 1 saturated heterocycles. The molecule has 1 amide bonds. The van der Waals surface area contributed by atoms with Crippen molar-refractivity contribution >= 4 is 16.1 Å². The first-order valence-electron chi connectivity index (χ1n) is 10.4. The van der Waals surface area contributed by atoms with Crippen LogP contribution in [0.15, 0.2) is 42.5 Å². The minimum atomic E-state index is -3.59. The molecule has 1 heterocycles. The van der Waals surface area contributed by atoms with Gasteiger partial charge in [0, 0.05) is 32.6 Å². The van der Waals surface area contributed by atoms with E-state index in [2.05, 4.69) is 9.44 Å². The lowest BCUT2D eigenvalue weighted by Crippen LogP contribution is -2.51. The fourth-order valence-corrected chi connectivity index (χ4v) is 4.72. The highest BCUT2D eigenvalue weighted by atomic mass is 32.2. The Kier molecular flexibility index (Phi) is 6.57. The Morgan fingerprint density at radius 3 is 2.59 bits per heavy atom. The number of morpholine rings is 1. The van der Waals surface area contributed by atoms with Gasteiger partial charge in [-0.3, -0.25) is 4.79 Å². The van der Waals surface area contributed by atoms with Crippen LogP contribution in [0.3, 0.4) is 0 Å². The summed E-state index contributed by atoms with van der Waals surface area (Å²) < 4.78 is 62.0. The summed E-state index contributed by atoms with van der Waals surface area (Å²) in [5.41, 5.74) is 1.13. The summed E-state index contributed by atoms with van der Waals surface area (Å²) in [7, 11) is -2.28. The molecular formula is C22H25F2N3O4S. The first kappa shape index (κ1) is 22.8. The molecule has 32 heavy (non-hydrogen) atoms. The number of hydrogen-bond donors (Lipinski definition) is 2. The van der Waals surface area contributed by atoms with E-state index in [1.54, 1.807) is 23.1 Å². The second-order valence-corrected chi connectivity index (χ2v) is 9.67. The number of benzene rings is 2. The van der Waals surface area contributed by atoms with Crippen LogP contribution in [0.25, 0.3) is 11.1 Å². The van der Waals surface area contributed by atoms with Gasteiger partial charge >= 0.3 is 0 Å². The number of nitrogens with zero attached hydrogens (tertiary/aromatic N) is 1. The molecule has 1 aliphatic carbocycles. The van der Waals surface area contributed by atoms with Crippen molar-refractivity contribution in [3.63, 3.8) is 0 Å². The molecule has 3 atom stereocenters. The lowest BCUT2D eigenvalue weighted by Gasteiger charge is -2.33. The van der Waals surface area contributed by atoms with Gasteiger partial charge in [-0.15, -0.1) is 0 Å². The smallest absolute Gasteiger partial charge is 0.276 e. The zero-order chi connectivity index (χ0) is 22.9. The van der Waals surface area contributed by atoms with Gasteiger partial charge in [-0.05, 0) is 35.6 Å². The first-order valence-corrected chi connectivity index (χ1v) is 11.9. The van der Waals surface area contributed by atoms with Gasteiger partial charge < -0.3 is 9.64 Å². The number of rotatable bonds is 7. The van der Waals surface area contributed by atoms with E-state index >= 15 is 0 Å². The summed E-state index contributed by atoms with van der Waals surface area (Å²) in [4.78, 5) is 14.8. The van der Waals surface area contributed by atoms with Crippen LogP contribution in [-0.2, 0) is 19.7 Å². The van der Waals surface area contributed by atoms with E-state index in [0.29, 0.717) is 25.1 Å². The third kappa shape index (κ3) is 4.83. The summed E-state index contributed by atoms with van der Waals surface area (Å²) in [6, 6.07) is 10.8. The lowest BCUT2D eigenvalue weighted by molar-refractivity contribution is -0.139. The predicted octanol–water partition coefficient (Wildman–Crippen LogP) is 2.02. The predicted molar refractivity (Wildman–Crippen MR) is 115 cm³/mol. The van der Waals surface area contributed by atoms with Gasteiger partial charge in [0.1, 0.15) is 11.6 Å². The summed E-state index contributed by atoms with van der Waals surface area (Å²) >= 11 is 0. The Labute approximate surface area is 185 Å². The van der Waals surface area contributed by atoms with Crippen molar-refractivity contribution in [3.8, 4) is 11.1 Å². The molecule has 1 aliphatic heterocycles. The number of halogens is 2. The number of amides is 1. The summed E-state index contributed by atoms with van der Waals surface area (Å²) in [5.74, 6) is -1.73. The molecule has 4 rings (SSSR count). The second kappa shape index (κ2) is 9.22. The molecule has 0 aromatic heterocycles. The lowest BCUT2D eigenvalue weighted by atomic mass is 9.95. The van der Waals surface area contributed by atoms with Crippen molar-refractivity contribution in [1.82, 2.24) is 14.3 Å². The van der Waals surface area contributed by atoms with Crippen LogP contribution in [-0.4, -0.2) is 58.6 Å². The quantitative estimate of drug-likeness (QED) is 0.655. The van der Waals surface area contributed by atoms with Crippen molar-refractivity contribution < 1.29 is 26.7 Å². The molecule has 0 spiro atoms. The van der Waals surface area contributed by atoms with E-state index in [-0.39, 0.29) is 36.4 Å². The zero-order valence-corrected chi connectivity index (χ0v) is 18.4. The molecule has 0 radical (unpaired) electrons. The van der Waals surface area contributed by atoms with E-state index in [1.807, 2.05) is 6.07 Å². The molecule has 0 unspecified atom stereocenters. The van der Waals surface area contributed by atoms with E-state index in [9.17, 15) is 22.0 Å². The highest BCUT2D eigenvalue weighted by Crippen LogP contribution is 2.51. The summed E-state index contributed by atoms with van der Waals surface area (Å²) in [5, 5.41) is 0. The van der Waals surface area contributed by atoms with Crippen LogP contribution in [0.4, 0.5) is 8.78 Å². The number of carbonyl (C=O) groups is 1. The minimum Gasteiger partial charge on any atom is -0.373 e. The largest absolute Gasteiger partial charge is 0.373 e. The highest BCUT2D eigenvalue weighted by Gasteiger charge is 2.47. The molecule has 1 saturated carbocycles. The fraction of sp³-hybridized carbons (Fsp3) is 0.409. The average molecular weight is 466 g/mol. The fourth-order valence-electron chi connectivity index (χ4n) is 4.17. The van der Waals surface area contributed by atoms with Crippen LogP contribution in [0.5, 0.6) is 0 Å². The van der Waals surface area contributed by atoms with Crippen LogP contribution < -0.4 is 9.44 Å². The number of nitrogens with one attached hydrogen (secondary N) is 2. The number of hydrogen-bond acceptors (Lipinski definition) is 4. The summed E-state index contributed by atoms with van der Waals surface area (Å²) in [6.07, 6.45) is 0.146. The molecule has 2 fully saturated rings. The van der Waals surface area contributed by atoms with Gasteiger partial charge in [-0.25, -0.2) is 13.5 Å². The van der Waals surface area contributed by atoms with Gasteiger partial charge in [-0.1, -0.05) is 30.3 Å². The van der Waals surface area contributed by atoms with Crippen LogP contribution in [0.1, 0.15) is 17.9 Å². The molecule has 7 nitrogen and oxygen atoms in total. The Balaban J connectivity index is 1.46.